The SMILES string of the molecule is CC(c1ccccc1)n1cc(/C=C/N=O)c(=O)[nH]c1=O. The lowest BCUT2D eigenvalue weighted by atomic mass is 10.1. The van der Waals surface area contributed by atoms with Crippen molar-refractivity contribution in [1.29, 1.82) is 0 Å². The number of nitroso groups, excluding NO2 is 1. The predicted octanol–water partition coefficient (Wildman–Crippen LogP) is 1.88. The zero-order valence-corrected chi connectivity index (χ0v) is 10.8. The van der Waals surface area contributed by atoms with E-state index in [1.165, 1.54) is 16.8 Å². The minimum absolute atomic E-state index is 0.201. The van der Waals surface area contributed by atoms with E-state index < -0.39 is 11.2 Å². The maximum absolute atomic E-state index is 11.9. The molecule has 0 aliphatic rings. The second kappa shape index (κ2) is 5.92. The smallest absolute Gasteiger partial charge is 0.293 e. The van der Waals surface area contributed by atoms with E-state index in [1.807, 2.05) is 37.3 Å². The summed E-state index contributed by atoms with van der Waals surface area (Å²) in [5, 5.41) is 2.56. The van der Waals surface area contributed by atoms with Crippen molar-refractivity contribution in [3.63, 3.8) is 0 Å². The number of nitrogens with one attached hydrogen (secondary N) is 1. The van der Waals surface area contributed by atoms with Gasteiger partial charge in [0, 0.05) is 6.20 Å². The Labute approximate surface area is 114 Å². The number of nitrogens with zero attached hydrogens (tertiary/aromatic N) is 2. The lowest BCUT2D eigenvalue weighted by Gasteiger charge is -2.15. The molecule has 6 nitrogen and oxygen atoms in total. The summed E-state index contributed by atoms with van der Waals surface area (Å²) in [5.74, 6) is 0. The van der Waals surface area contributed by atoms with Crippen LogP contribution in [0.5, 0.6) is 0 Å². The van der Waals surface area contributed by atoms with Gasteiger partial charge in [-0.25, -0.2) is 4.79 Å². The third kappa shape index (κ3) is 2.80. The Kier molecular flexibility index (Phi) is 4.05. The summed E-state index contributed by atoms with van der Waals surface area (Å²) in [7, 11) is 0. The first-order chi connectivity index (χ1) is 9.63. The van der Waals surface area contributed by atoms with Gasteiger partial charge in [-0.1, -0.05) is 30.3 Å². The summed E-state index contributed by atoms with van der Waals surface area (Å²) in [5.41, 5.74) is 0.0889. The first-order valence-electron chi connectivity index (χ1n) is 6.03. The number of aromatic nitrogens is 2. The zero-order valence-electron chi connectivity index (χ0n) is 10.8. The molecule has 20 heavy (non-hydrogen) atoms. The lowest BCUT2D eigenvalue weighted by Crippen LogP contribution is -2.32. The number of H-pyrrole nitrogens is 1. The van der Waals surface area contributed by atoms with E-state index in [2.05, 4.69) is 10.2 Å². The summed E-state index contributed by atoms with van der Waals surface area (Å²) in [6, 6.07) is 9.18. The third-order valence-corrected chi connectivity index (χ3v) is 3.01. The fourth-order valence-electron chi connectivity index (χ4n) is 1.91. The highest BCUT2D eigenvalue weighted by Crippen LogP contribution is 2.15. The van der Waals surface area contributed by atoms with Crippen molar-refractivity contribution >= 4 is 6.08 Å². The van der Waals surface area contributed by atoms with Gasteiger partial charge in [-0.05, 0) is 23.7 Å². The first-order valence-corrected chi connectivity index (χ1v) is 6.03. The molecule has 1 aromatic carbocycles. The zero-order chi connectivity index (χ0) is 14.5. The molecule has 0 bridgehead atoms. The molecule has 0 saturated carbocycles. The Hall–Kier alpha value is -2.76. The Morgan fingerprint density at radius 2 is 1.95 bits per heavy atom. The molecular formula is C14H13N3O3. The van der Waals surface area contributed by atoms with Crippen LogP contribution in [0, 0.1) is 4.91 Å². The molecule has 1 atom stereocenters. The number of rotatable bonds is 4. The van der Waals surface area contributed by atoms with E-state index in [0.717, 1.165) is 11.8 Å². The largest absolute Gasteiger partial charge is 0.328 e. The van der Waals surface area contributed by atoms with Gasteiger partial charge in [0.25, 0.3) is 5.56 Å². The fourth-order valence-corrected chi connectivity index (χ4v) is 1.91. The van der Waals surface area contributed by atoms with Crippen molar-refractivity contribution < 1.29 is 0 Å². The summed E-state index contributed by atoms with van der Waals surface area (Å²) in [6.45, 7) is 1.85. The molecule has 1 aromatic heterocycles. The number of benzene rings is 1. The van der Waals surface area contributed by atoms with Crippen molar-refractivity contribution in [2.24, 2.45) is 5.18 Å². The van der Waals surface area contributed by atoms with Crippen LogP contribution in [0.3, 0.4) is 0 Å². The second-order valence-electron chi connectivity index (χ2n) is 4.26. The summed E-state index contributed by atoms with van der Waals surface area (Å²) < 4.78 is 1.40. The molecule has 0 aliphatic carbocycles. The van der Waals surface area contributed by atoms with Crippen molar-refractivity contribution in [2.75, 3.05) is 0 Å². The van der Waals surface area contributed by atoms with Crippen LogP contribution < -0.4 is 11.2 Å². The van der Waals surface area contributed by atoms with Gasteiger partial charge >= 0.3 is 5.69 Å². The topological polar surface area (TPSA) is 84.3 Å². The van der Waals surface area contributed by atoms with Crippen LogP contribution in [0.15, 0.2) is 57.5 Å². The minimum Gasteiger partial charge on any atom is -0.293 e. The monoisotopic (exact) mass is 271 g/mol. The number of aromatic amines is 1. The summed E-state index contributed by atoms with van der Waals surface area (Å²) >= 11 is 0. The van der Waals surface area contributed by atoms with Gasteiger partial charge in [0.05, 0.1) is 17.8 Å². The molecule has 2 rings (SSSR count). The van der Waals surface area contributed by atoms with Crippen molar-refractivity contribution in [2.45, 2.75) is 13.0 Å². The van der Waals surface area contributed by atoms with E-state index in [1.54, 1.807) is 0 Å². The molecule has 2 aromatic rings. The average molecular weight is 271 g/mol. The Morgan fingerprint density at radius 1 is 1.25 bits per heavy atom. The van der Waals surface area contributed by atoms with Gasteiger partial charge in [-0.15, -0.1) is 4.91 Å². The van der Waals surface area contributed by atoms with Crippen molar-refractivity contribution in [3.8, 4) is 0 Å². The molecule has 0 aliphatic heterocycles. The highest BCUT2D eigenvalue weighted by molar-refractivity contribution is 5.46. The Balaban J connectivity index is 2.51. The molecule has 0 radical (unpaired) electrons. The predicted molar refractivity (Wildman–Crippen MR) is 76.4 cm³/mol. The van der Waals surface area contributed by atoms with E-state index >= 15 is 0 Å². The maximum atomic E-state index is 11.9. The van der Waals surface area contributed by atoms with Gasteiger partial charge in [-0.3, -0.25) is 14.3 Å². The maximum Gasteiger partial charge on any atom is 0.328 e. The standard InChI is InChI=1S/C14H13N3O3/c1-10(11-5-3-2-4-6-11)17-9-12(7-8-15-20)13(18)16-14(17)19/h2-10H,1H3,(H,16,18,19)/b8-7+. The molecule has 0 fully saturated rings. The molecule has 0 amide bonds. The van der Waals surface area contributed by atoms with Gasteiger partial charge in [0.1, 0.15) is 0 Å². The van der Waals surface area contributed by atoms with Crippen molar-refractivity contribution in [3.05, 3.63) is 79.6 Å². The third-order valence-electron chi connectivity index (χ3n) is 3.01. The van der Waals surface area contributed by atoms with Crippen LogP contribution in [0.4, 0.5) is 0 Å². The van der Waals surface area contributed by atoms with Crippen LogP contribution in [0.1, 0.15) is 24.1 Å². The Bertz CT molecular complexity index is 744. The Morgan fingerprint density at radius 3 is 2.60 bits per heavy atom. The van der Waals surface area contributed by atoms with Gasteiger partial charge in [-0.2, -0.15) is 0 Å². The number of hydrogen-bond acceptors (Lipinski definition) is 4. The fraction of sp³-hybridized carbons (Fsp3) is 0.143. The second-order valence-corrected chi connectivity index (χ2v) is 4.26. The van der Waals surface area contributed by atoms with Crippen LogP contribution in [-0.2, 0) is 0 Å². The van der Waals surface area contributed by atoms with E-state index in [0.29, 0.717) is 0 Å². The van der Waals surface area contributed by atoms with Gasteiger partial charge < -0.3 is 0 Å². The van der Waals surface area contributed by atoms with Gasteiger partial charge in [0.15, 0.2) is 0 Å². The highest BCUT2D eigenvalue weighted by Gasteiger charge is 2.11. The van der Waals surface area contributed by atoms with Crippen LogP contribution in [-0.4, -0.2) is 9.55 Å². The van der Waals surface area contributed by atoms with E-state index in [-0.39, 0.29) is 11.6 Å². The van der Waals surface area contributed by atoms with Crippen molar-refractivity contribution in [1.82, 2.24) is 9.55 Å². The quantitative estimate of drug-likeness (QED) is 0.862. The number of hydrogen-bond donors (Lipinski definition) is 1. The van der Waals surface area contributed by atoms with E-state index in [9.17, 15) is 14.5 Å². The molecule has 1 heterocycles. The molecule has 1 unspecified atom stereocenters. The molecule has 0 spiro atoms. The summed E-state index contributed by atoms with van der Waals surface area (Å²) in [4.78, 5) is 35.8. The average Bonchev–Trinajstić information content (AvgIpc) is 2.47. The highest BCUT2D eigenvalue weighted by atomic mass is 16.2. The molecule has 0 saturated heterocycles. The molecular weight excluding hydrogens is 258 g/mol. The molecule has 1 N–H and O–H groups in total. The minimum atomic E-state index is -0.550. The molecule has 102 valence electrons. The first kappa shape index (κ1) is 13.7. The van der Waals surface area contributed by atoms with Crippen LogP contribution in [0.2, 0.25) is 0 Å². The summed E-state index contributed by atoms with van der Waals surface area (Å²) in [6.07, 6.45) is 3.65. The van der Waals surface area contributed by atoms with Crippen LogP contribution in [0.25, 0.3) is 6.08 Å². The normalized spacial score (nSPS) is 12.4. The molecule has 6 heteroatoms. The van der Waals surface area contributed by atoms with Gasteiger partial charge in [0.2, 0.25) is 0 Å². The van der Waals surface area contributed by atoms with E-state index in [4.69, 9.17) is 0 Å². The van der Waals surface area contributed by atoms with Crippen LogP contribution >= 0.6 is 0 Å². The lowest BCUT2D eigenvalue weighted by molar-refractivity contribution is 0.593.